The molecule has 4 unspecified atom stereocenters. The summed E-state index contributed by atoms with van der Waals surface area (Å²) in [5.41, 5.74) is 21.0. The van der Waals surface area contributed by atoms with E-state index in [1.807, 2.05) is 91.8 Å². The molecular formula is C102H135Cl7N18O16. The number of halogens is 7. The highest BCUT2D eigenvalue weighted by Crippen LogP contribution is 2.40. The molecule has 34 nitrogen and oxygen atoms in total. The first-order valence-corrected chi connectivity index (χ1v) is 50.2. The number of aromatic nitrogens is 5. The van der Waals surface area contributed by atoms with Crippen LogP contribution in [-0.4, -0.2) is 179 Å². The lowest BCUT2D eigenvalue weighted by atomic mass is 9.79. The van der Waals surface area contributed by atoms with E-state index in [0.29, 0.717) is 132 Å². The molecule has 8 aromatic rings. The van der Waals surface area contributed by atoms with Crippen LogP contribution in [-0.2, 0) is 33.5 Å². The van der Waals surface area contributed by atoms with Crippen molar-refractivity contribution < 1.29 is 76.7 Å². The van der Waals surface area contributed by atoms with Crippen LogP contribution in [0, 0.1) is 58.2 Å². The van der Waals surface area contributed by atoms with Crippen molar-refractivity contribution in [3.8, 4) is 29.1 Å². The van der Waals surface area contributed by atoms with Gasteiger partial charge in [-0.15, -0.1) is 0 Å². The fraction of sp³-hybridized carbons (Fsp3) is 0.490. The van der Waals surface area contributed by atoms with Crippen molar-refractivity contribution in [2.24, 2.45) is 47.2 Å². The summed E-state index contributed by atoms with van der Waals surface area (Å²) in [6.45, 7) is 16.3. The first-order chi connectivity index (χ1) is 67.8. The van der Waals surface area contributed by atoms with Gasteiger partial charge in [0.2, 0.25) is 45.4 Å². The number of aliphatic carboxylic acids is 1. The van der Waals surface area contributed by atoms with Gasteiger partial charge in [0.25, 0.3) is 29.6 Å². The Morgan fingerprint density at radius 1 is 0.427 bits per heavy atom. The van der Waals surface area contributed by atoms with Gasteiger partial charge >= 0.3 is 0 Å². The molecule has 0 aliphatic heterocycles. The first-order valence-electron chi connectivity index (χ1n) is 47.6. The Morgan fingerprint density at radius 2 is 0.699 bits per heavy atom. The molecule has 4 atom stereocenters. The van der Waals surface area contributed by atoms with E-state index < -0.39 is 30.1 Å². The maximum atomic E-state index is 12.9. The number of methoxy groups -OCH3 is 1. The van der Waals surface area contributed by atoms with E-state index in [0.717, 1.165) is 127 Å². The fourth-order valence-corrected chi connectivity index (χ4v) is 18.1. The van der Waals surface area contributed by atoms with Crippen LogP contribution in [0.2, 0.25) is 35.9 Å². The van der Waals surface area contributed by atoms with Gasteiger partial charge < -0.3 is 93.5 Å². The number of carbonyl (C=O) groups is 10. The number of anilines is 2. The van der Waals surface area contributed by atoms with Crippen molar-refractivity contribution in [1.82, 2.24) is 67.5 Å². The Kier molecular flexibility index (Phi) is 51.5. The van der Waals surface area contributed by atoms with Crippen LogP contribution in [0.15, 0.2) is 121 Å². The van der Waals surface area contributed by atoms with Crippen LogP contribution in [0.3, 0.4) is 0 Å². The summed E-state index contributed by atoms with van der Waals surface area (Å²) in [6, 6.07) is 34.6. The van der Waals surface area contributed by atoms with Crippen molar-refractivity contribution >= 4 is 169 Å². The van der Waals surface area contributed by atoms with E-state index >= 15 is 0 Å². The zero-order valence-corrected chi connectivity index (χ0v) is 88.4. The van der Waals surface area contributed by atoms with Gasteiger partial charge in [0.05, 0.1) is 80.1 Å². The zero-order chi connectivity index (χ0) is 106. The maximum Gasteiger partial charge on any atom is 0.300 e. The third-order valence-electron chi connectivity index (χ3n) is 23.9. The van der Waals surface area contributed by atoms with E-state index in [2.05, 4.69) is 68.5 Å². The second-order valence-electron chi connectivity index (χ2n) is 36.2. The molecule has 2 heterocycles. The van der Waals surface area contributed by atoms with Gasteiger partial charge in [-0.05, 0) is 339 Å². The van der Waals surface area contributed by atoms with Crippen LogP contribution in [0.25, 0.3) is 11.0 Å². The average Bonchev–Trinajstić information content (AvgIpc) is 1.69. The number of nitriles is 1. The smallest absolute Gasteiger partial charge is 0.300 e. The number of carboxylic acids is 1. The van der Waals surface area contributed by atoms with Crippen LogP contribution < -0.4 is 78.7 Å². The summed E-state index contributed by atoms with van der Waals surface area (Å²) >= 11 is 40.9. The summed E-state index contributed by atoms with van der Waals surface area (Å²) < 4.78 is 27.4. The Balaban J connectivity index is 0.000000273. The molecule has 2 aromatic heterocycles. The summed E-state index contributed by atoms with van der Waals surface area (Å²) in [5.74, 6) is 1.84. The molecule has 0 radical (unpaired) electrons. The van der Waals surface area contributed by atoms with Gasteiger partial charge in [0.1, 0.15) is 53.0 Å². The molecular weight excluding hydrogens is 1980 g/mol. The second-order valence-corrected chi connectivity index (χ2v) is 38.8. The number of fused-ring (bicyclic) bond motifs is 1. The number of imidazole rings is 1. The highest BCUT2D eigenvalue weighted by atomic mass is 35.5. The standard InChI is InChI=1S/C27H33ClN4O3.C22H32ClN3O4.C21H30ClN3O4.C21H28ClN3O3.C6H8N2.C3Cl3N3.C2H4O2/c1-16(2)35-24-13-12-19(15-20(24)28)26(33)32-23(27(34)29-3)14-17-8-10-18(11-9-17)25-30-21-6-4-5-7-22(21)31-25;1-13(2)30-19-10-9-16(12-17(19)23)21(27)26-18(22(28)25-3)11-14-5-7-15(8-6-14)20(24)29-4;1-12(2)29-18-9-8-15(11-16(18)22)20(27)25-17(21(28)24-3)10-13-4-6-14(7-5-13)19(23)26;1-13(2)28-19-9-8-16(11-17(19)22)20(26)25-18(21(27)24-3)10-14-4-6-15(12-23)7-5-14;7-5-3-1-2-4-6(5)8;4-1-7-2(5)9-3(6)8-1;1-2(3)4/h4-7,12-13,15-18,23H,8-11,14H2,1-3H3,(H,29,34)(H,30,31)(H,32,33);9-10,12-15,18,24H,5-8,11H2,1-4H3,(H,25,28)(H,26,27);8-9,11-14,17H,4-7,10H2,1-3H3,(H2,23,26)(H,24,28)(H,25,27);8-9,11,13-15,18H,4-7,10H2,1-3H3,(H,24,27)(H,25,26);1-4H,7-8H2;;1H3,(H,3,4). The molecule has 143 heavy (non-hydrogen) atoms. The number of hydrogen-bond donors (Lipinski definition) is 14. The normalized spacial score (nSPS) is 18.0. The number of nitrogens with two attached hydrogens (primary N) is 3. The summed E-state index contributed by atoms with van der Waals surface area (Å²) in [6.07, 6.45) is 16.2. The molecule has 778 valence electrons. The Labute approximate surface area is 871 Å². The van der Waals surface area contributed by atoms with E-state index in [9.17, 15) is 43.2 Å². The van der Waals surface area contributed by atoms with Gasteiger partial charge in [-0.3, -0.25) is 53.4 Å². The van der Waals surface area contributed by atoms with Crippen LogP contribution in [0.1, 0.15) is 244 Å². The Bertz CT molecular complexity index is 5460. The van der Waals surface area contributed by atoms with E-state index in [1.165, 1.54) is 13.2 Å². The van der Waals surface area contributed by atoms with Gasteiger partial charge in [-0.25, -0.2) is 4.98 Å². The van der Waals surface area contributed by atoms with Gasteiger partial charge in [0, 0.05) is 81.0 Å². The predicted octanol–water partition coefficient (Wildman–Crippen LogP) is 18.1. The summed E-state index contributed by atoms with van der Waals surface area (Å²) in [5, 5.41) is 47.6. The maximum absolute atomic E-state index is 12.9. The van der Waals surface area contributed by atoms with E-state index in [4.69, 9.17) is 148 Å². The predicted molar refractivity (Wildman–Crippen MR) is 559 cm³/mol. The molecule has 12 rings (SSSR count). The third-order valence-corrected chi connectivity index (χ3v) is 25.6. The number of likely N-dealkylation sites (N-methyl/N-ethyl adjacent to an activating group) is 4. The van der Waals surface area contributed by atoms with Crippen molar-refractivity contribution in [1.29, 1.82) is 10.7 Å². The molecule has 4 fully saturated rings. The number of nitrogen functional groups attached to an aromatic ring is 2. The minimum atomic E-state index is -0.833. The number of aromatic amines is 1. The van der Waals surface area contributed by atoms with E-state index in [-0.39, 0.29) is 117 Å². The fourth-order valence-electron chi connectivity index (χ4n) is 16.6. The number of primary amides is 1. The summed E-state index contributed by atoms with van der Waals surface area (Å²) in [7, 11) is 7.78. The third kappa shape index (κ3) is 41.9. The van der Waals surface area contributed by atoms with Crippen molar-refractivity contribution in [3.05, 3.63) is 185 Å². The number of para-hydroxylation sites is 4. The van der Waals surface area contributed by atoms with Crippen molar-refractivity contribution in [2.75, 3.05) is 46.8 Å². The average molecular weight is 2120 g/mol. The zero-order valence-electron chi connectivity index (χ0n) is 83.1. The molecule has 0 bridgehead atoms. The van der Waals surface area contributed by atoms with Crippen LogP contribution >= 0.6 is 81.2 Å². The molecule has 6 aromatic carbocycles. The van der Waals surface area contributed by atoms with Crippen molar-refractivity contribution in [2.45, 2.75) is 245 Å². The van der Waals surface area contributed by atoms with Crippen LogP contribution in [0.4, 0.5) is 11.4 Å². The number of ether oxygens (including phenoxy) is 5. The number of amides is 9. The lowest BCUT2D eigenvalue weighted by Crippen LogP contribution is -2.47. The molecule has 4 aliphatic rings. The number of H-pyrrole nitrogens is 1. The Morgan fingerprint density at radius 3 is 0.951 bits per heavy atom. The molecule has 41 heteroatoms. The van der Waals surface area contributed by atoms with Gasteiger partial charge in [-0.1, -0.05) is 70.7 Å². The Hall–Kier alpha value is -11.7. The lowest BCUT2D eigenvalue weighted by molar-refractivity contribution is -0.134. The van der Waals surface area contributed by atoms with Crippen molar-refractivity contribution in [3.63, 3.8) is 0 Å². The topological polar surface area (TPSA) is 526 Å². The second kappa shape index (κ2) is 61.4. The quantitative estimate of drug-likeness (QED) is 0.0109. The first kappa shape index (κ1) is 120. The minimum absolute atomic E-state index is 0.000000000000000444. The minimum Gasteiger partial charge on any atom is -0.489 e. The van der Waals surface area contributed by atoms with Crippen LogP contribution in [0.5, 0.6) is 23.0 Å². The number of nitrogens with one attached hydrogen (secondary N) is 10. The molecule has 4 aliphatic carbocycles. The number of carbonyl (C=O) groups excluding carboxylic acids is 9. The highest BCUT2D eigenvalue weighted by Gasteiger charge is 2.36. The molecule has 17 N–H and O–H groups in total. The molecule has 4 saturated carbocycles. The number of rotatable bonds is 31. The molecule has 0 saturated heterocycles. The molecule has 0 spiro atoms. The SMILES string of the molecule is CC(=O)O.CNC(=O)C(CC1CCC(C#N)CC1)NC(=O)c1ccc(OC(C)C)c(Cl)c1.CNC(=O)C(CC1CCC(C(=N)OC)CC1)NC(=O)c1ccc(OC(C)C)c(Cl)c1.CNC(=O)C(CC1CCC(C(N)=O)CC1)NC(=O)c1ccc(OC(C)C)c(Cl)c1.CNC(=O)C(CC1CCC(c2nc3ccccc3[nH]2)CC1)NC(=O)c1ccc(OC(C)C)c(Cl)c1.Clc1nc(Cl)nc(Cl)n1.Nc1ccccc1N. The van der Waals surface area contributed by atoms with Gasteiger partial charge in [-0.2, -0.15) is 20.2 Å². The number of nitrogens with zero attached hydrogens (tertiary/aromatic N) is 5. The molecule has 9 amide bonds. The number of hydrogen-bond acceptors (Lipinski definition) is 23. The number of benzene rings is 6. The highest BCUT2D eigenvalue weighted by molar-refractivity contribution is 6.34. The lowest BCUT2D eigenvalue weighted by Gasteiger charge is -2.30. The van der Waals surface area contributed by atoms with E-state index in [1.54, 1.807) is 107 Å². The largest absolute Gasteiger partial charge is 0.489 e. The number of carboxylic acid groups (broad SMARTS) is 1. The monoisotopic (exact) mass is 2110 g/mol. The summed E-state index contributed by atoms with van der Waals surface area (Å²) in [4.78, 5) is 140. The van der Waals surface area contributed by atoms with Gasteiger partial charge in [0.15, 0.2) is 5.90 Å².